The molecule has 0 bridgehead atoms. The molecule has 23 heavy (non-hydrogen) atoms. The molecule has 0 radical (unpaired) electrons. The van der Waals surface area contributed by atoms with Crippen molar-refractivity contribution in [3.63, 3.8) is 0 Å². The van der Waals surface area contributed by atoms with E-state index in [9.17, 15) is 28.9 Å². The van der Waals surface area contributed by atoms with Gasteiger partial charge in [-0.05, 0) is 0 Å². The number of carbonyl (C=O) groups is 2. The van der Waals surface area contributed by atoms with E-state index in [4.69, 9.17) is 31.0 Å². The van der Waals surface area contributed by atoms with E-state index in [1.54, 1.807) is 0 Å². The van der Waals surface area contributed by atoms with E-state index in [2.05, 4.69) is 9.05 Å². The predicted molar refractivity (Wildman–Crippen MR) is 67.7 cm³/mol. The van der Waals surface area contributed by atoms with Crippen molar-refractivity contribution in [2.45, 2.75) is 12.1 Å². The molecule has 0 heterocycles. The van der Waals surface area contributed by atoms with Crippen molar-refractivity contribution >= 4 is 65.3 Å². The molecular formula is C6H14CaN2O12P2. The van der Waals surface area contributed by atoms with Crippen LogP contribution in [0.4, 0.5) is 0 Å². The van der Waals surface area contributed by atoms with Crippen LogP contribution >= 0.6 is 15.6 Å². The zero-order valence-corrected chi connectivity index (χ0v) is 15.4. The van der Waals surface area contributed by atoms with Gasteiger partial charge in [0, 0.05) is 0 Å². The normalized spacial score (nSPS) is 13.8. The maximum atomic E-state index is 9.96. The van der Waals surface area contributed by atoms with E-state index in [0.29, 0.717) is 0 Å². The second-order valence-electron chi connectivity index (χ2n) is 3.42. The number of hydrogen-bond donors (Lipinski definition) is 6. The molecule has 0 aliphatic heterocycles. The summed E-state index contributed by atoms with van der Waals surface area (Å²) in [4.78, 5) is 52.0. The van der Waals surface area contributed by atoms with Crippen LogP contribution in [0.1, 0.15) is 0 Å². The van der Waals surface area contributed by atoms with Gasteiger partial charge in [-0.3, -0.25) is 9.05 Å². The Morgan fingerprint density at radius 2 is 1.09 bits per heavy atom. The third-order valence-electron chi connectivity index (χ3n) is 1.45. The maximum absolute atomic E-state index is 9.96. The smallest absolute Gasteiger partial charge is 0.548 e. The fourth-order valence-corrected chi connectivity index (χ4v) is 1.20. The minimum absolute atomic E-state index is 0. The minimum Gasteiger partial charge on any atom is -0.548 e. The van der Waals surface area contributed by atoms with Crippen molar-refractivity contribution in [3.05, 3.63) is 0 Å². The van der Waals surface area contributed by atoms with Gasteiger partial charge in [0.1, 0.15) is 0 Å². The first kappa shape index (κ1) is 28.2. The Bertz CT molecular complexity index is 420. The molecule has 0 fully saturated rings. The van der Waals surface area contributed by atoms with Gasteiger partial charge in [-0.25, -0.2) is 9.13 Å². The minimum atomic E-state index is -4.63. The number of rotatable bonds is 8. The van der Waals surface area contributed by atoms with E-state index in [1.165, 1.54) is 0 Å². The number of nitrogens with two attached hydrogens (primary N) is 2. The zero-order chi connectivity index (χ0) is 18.1. The third-order valence-corrected chi connectivity index (χ3v) is 2.42. The number of carboxylic acid groups (broad SMARTS) is 2. The van der Waals surface area contributed by atoms with Crippen molar-refractivity contribution in [2.75, 3.05) is 13.2 Å². The molecule has 0 amide bonds. The van der Waals surface area contributed by atoms with Crippen molar-refractivity contribution in [2.24, 2.45) is 11.5 Å². The van der Waals surface area contributed by atoms with Crippen LogP contribution < -0.4 is 21.7 Å². The van der Waals surface area contributed by atoms with Gasteiger partial charge in [-0.2, -0.15) is 0 Å². The molecule has 0 aromatic heterocycles. The van der Waals surface area contributed by atoms with Crippen LogP contribution in [0.2, 0.25) is 0 Å². The Labute approximate surface area is 159 Å². The van der Waals surface area contributed by atoms with Crippen LogP contribution in [0.5, 0.6) is 0 Å². The second kappa shape index (κ2) is 12.7. The fourth-order valence-electron chi connectivity index (χ4n) is 0.491. The summed E-state index contributed by atoms with van der Waals surface area (Å²) in [6.07, 6.45) is 0. The topological polar surface area (TPSA) is 266 Å². The Balaban J connectivity index is -0.000000333. The molecular weight excluding hydrogens is 394 g/mol. The van der Waals surface area contributed by atoms with E-state index in [-0.39, 0.29) is 37.7 Å². The van der Waals surface area contributed by atoms with Crippen LogP contribution in [-0.4, -0.2) is 94.5 Å². The Morgan fingerprint density at radius 3 is 1.22 bits per heavy atom. The first-order valence-electron chi connectivity index (χ1n) is 4.98. The number of phosphoric ester groups is 2. The first-order valence-corrected chi connectivity index (χ1v) is 8.05. The predicted octanol–water partition coefficient (Wildman–Crippen LogP) is -6.03. The molecule has 14 nitrogen and oxygen atoms in total. The molecule has 132 valence electrons. The van der Waals surface area contributed by atoms with E-state index < -0.39 is 52.9 Å². The Hall–Kier alpha value is 0.340. The van der Waals surface area contributed by atoms with Gasteiger partial charge in [-0.1, -0.05) is 0 Å². The summed E-state index contributed by atoms with van der Waals surface area (Å²) in [7, 11) is -9.26. The largest absolute Gasteiger partial charge is 2.00 e. The first-order chi connectivity index (χ1) is 9.65. The molecule has 17 heteroatoms. The summed E-state index contributed by atoms with van der Waals surface area (Å²) in [6.45, 7) is -1.54. The van der Waals surface area contributed by atoms with E-state index in [1.807, 2.05) is 0 Å². The van der Waals surface area contributed by atoms with Gasteiger partial charge in [0.15, 0.2) is 0 Å². The molecule has 0 aromatic rings. The summed E-state index contributed by atoms with van der Waals surface area (Å²) in [5.74, 6) is -3.25. The molecule has 0 spiro atoms. The third kappa shape index (κ3) is 22.3. The van der Waals surface area contributed by atoms with Crippen molar-refractivity contribution < 1.29 is 57.6 Å². The summed E-state index contributed by atoms with van der Waals surface area (Å²) in [5.41, 5.74) is 9.59. The Morgan fingerprint density at radius 1 is 0.870 bits per heavy atom. The molecule has 0 unspecified atom stereocenters. The monoisotopic (exact) mass is 408 g/mol. The van der Waals surface area contributed by atoms with Crippen LogP contribution in [-0.2, 0) is 27.8 Å². The van der Waals surface area contributed by atoms with Gasteiger partial charge in [0.2, 0.25) is 0 Å². The number of carbonyl (C=O) groups excluding carboxylic acids is 2. The van der Waals surface area contributed by atoms with Gasteiger partial charge in [0.05, 0.1) is 37.2 Å². The summed E-state index contributed by atoms with van der Waals surface area (Å²) in [6, 6.07) is -3.05. The summed E-state index contributed by atoms with van der Waals surface area (Å²) < 4.78 is 27.5. The van der Waals surface area contributed by atoms with Gasteiger partial charge in [0.25, 0.3) is 0 Å². The average Bonchev–Trinajstić information content (AvgIpc) is 2.31. The fraction of sp³-hybridized carbons (Fsp3) is 0.667. The van der Waals surface area contributed by atoms with Crippen LogP contribution in [0, 0.1) is 0 Å². The van der Waals surface area contributed by atoms with E-state index >= 15 is 0 Å². The summed E-state index contributed by atoms with van der Waals surface area (Å²) in [5, 5.41) is 19.7. The SMILES string of the molecule is N[C@@H](COP(=O)(O)O)C(=O)[O-].N[C@@H](COP(=O)(O)O)C(=O)[O-].[Ca+2]. The summed E-state index contributed by atoms with van der Waals surface area (Å²) >= 11 is 0. The van der Waals surface area contributed by atoms with Gasteiger partial charge < -0.3 is 50.8 Å². The molecule has 0 saturated carbocycles. The molecule has 0 saturated heterocycles. The number of hydrogen-bond acceptors (Lipinski definition) is 10. The molecule has 0 aliphatic rings. The standard InChI is InChI=1S/2C3H8NO6P.Ca/c2*4-2(3(5)6)1-10-11(7,8)9;/h2*2H,1,4H2,(H,5,6)(H2,7,8,9);/q;;+2/p-2/t2*2-;/m00./s1. The number of aliphatic carboxylic acids is 2. The quantitative estimate of drug-likeness (QED) is 0.161. The van der Waals surface area contributed by atoms with Gasteiger partial charge >= 0.3 is 53.4 Å². The molecule has 8 N–H and O–H groups in total. The number of carboxylic acids is 2. The van der Waals surface area contributed by atoms with Crippen molar-refractivity contribution in [1.82, 2.24) is 0 Å². The molecule has 2 atom stereocenters. The van der Waals surface area contributed by atoms with Crippen LogP contribution in [0.15, 0.2) is 0 Å². The zero-order valence-electron chi connectivity index (χ0n) is 11.4. The van der Waals surface area contributed by atoms with Crippen molar-refractivity contribution in [3.8, 4) is 0 Å². The average molecular weight is 408 g/mol. The molecule has 0 aliphatic carbocycles. The van der Waals surface area contributed by atoms with E-state index in [0.717, 1.165) is 0 Å². The molecule has 0 rings (SSSR count). The maximum Gasteiger partial charge on any atom is 2.00 e. The molecule has 0 aromatic carbocycles. The Kier molecular flexibility index (Phi) is 15.5. The number of phosphoric acid groups is 2. The van der Waals surface area contributed by atoms with Crippen LogP contribution in [0.25, 0.3) is 0 Å². The second-order valence-corrected chi connectivity index (χ2v) is 5.90. The van der Waals surface area contributed by atoms with Gasteiger partial charge in [-0.15, -0.1) is 0 Å². The van der Waals surface area contributed by atoms with Crippen molar-refractivity contribution in [1.29, 1.82) is 0 Å². The van der Waals surface area contributed by atoms with Crippen LogP contribution in [0.3, 0.4) is 0 Å².